The van der Waals surface area contributed by atoms with Crippen LogP contribution in [0.5, 0.6) is 0 Å². The van der Waals surface area contributed by atoms with Gasteiger partial charge in [-0.1, -0.05) is 29.8 Å². The Morgan fingerprint density at radius 2 is 1.68 bits per heavy atom. The van der Waals surface area contributed by atoms with Crippen LogP contribution in [0.1, 0.15) is 36.0 Å². The van der Waals surface area contributed by atoms with Crippen molar-refractivity contribution in [1.82, 2.24) is 4.90 Å². The molecule has 0 unspecified atom stereocenters. The lowest BCUT2D eigenvalue weighted by molar-refractivity contribution is -0.136. The number of imide groups is 1. The molecule has 5 nitrogen and oxygen atoms in total. The molecule has 160 valence electrons. The zero-order valence-corrected chi connectivity index (χ0v) is 18.3. The van der Waals surface area contributed by atoms with Gasteiger partial charge < -0.3 is 10.2 Å². The molecule has 2 aliphatic heterocycles. The Labute approximate surface area is 184 Å². The fraction of sp³-hybridized carbons (Fsp3) is 0.308. The highest BCUT2D eigenvalue weighted by atomic mass is 16.2. The zero-order chi connectivity index (χ0) is 22.0. The summed E-state index contributed by atoms with van der Waals surface area (Å²) in [5.41, 5.74) is 5.59. The van der Waals surface area contributed by atoms with Gasteiger partial charge in [0.05, 0.1) is 5.57 Å². The molecule has 2 heterocycles. The van der Waals surface area contributed by atoms with Crippen LogP contribution in [0.25, 0.3) is 5.57 Å². The largest absolute Gasteiger partial charge is 0.372 e. The van der Waals surface area contributed by atoms with E-state index in [4.69, 9.17) is 0 Å². The van der Waals surface area contributed by atoms with Gasteiger partial charge in [0.25, 0.3) is 11.8 Å². The minimum absolute atomic E-state index is 0.186. The lowest BCUT2D eigenvalue weighted by Gasteiger charge is -2.28. The van der Waals surface area contributed by atoms with E-state index in [9.17, 15) is 9.59 Å². The number of hydrogen-bond acceptors (Lipinski definition) is 4. The first kappa shape index (κ1) is 20.9. The van der Waals surface area contributed by atoms with Crippen LogP contribution in [0.3, 0.4) is 0 Å². The summed E-state index contributed by atoms with van der Waals surface area (Å²) in [5.74, 6) is -0.607. The summed E-state index contributed by atoms with van der Waals surface area (Å²) in [5, 5.41) is 3.24. The Balaban J connectivity index is 1.68. The molecule has 0 aliphatic carbocycles. The molecule has 1 fully saturated rings. The minimum atomic E-state index is -0.319. The molecule has 31 heavy (non-hydrogen) atoms. The number of carbonyl (C=O) groups excluding carboxylic acids is 2. The average Bonchev–Trinajstić information content (AvgIpc) is 3.00. The second kappa shape index (κ2) is 8.80. The fourth-order valence-corrected chi connectivity index (χ4v) is 4.38. The molecule has 1 saturated heterocycles. The Morgan fingerprint density at radius 3 is 2.32 bits per heavy atom. The van der Waals surface area contributed by atoms with Crippen LogP contribution in [-0.2, 0) is 9.59 Å². The van der Waals surface area contributed by atoms with Crippen molar-refractivity contribution in [3.63, 3.8) is 0 Å². The summed E-state index contributed by atoms with van der Waals surface area (Å²) in [6.07, 6.45) is 5.32. The van der Waals surface area contributed by atoms with Gasteiger partial charge >= 0.3 is 0 Å². The standard InChI is InChI=1S/C26H29N3O2/c1-4-14-29-25(30)23(22-13-8-18(2)17-19(22)3)24(26(29)31)27-20-9-11-21(12-10-20)28-15-6-5-7-16-28/h4,8-13,17,27H,1,5-7,14-16H2,2-3H3. The smallest absolute Gasteiger partial charge is 0.278 e. The molecule has 2 aromatic rings. The summed E-state index contributed by atoms with van der Waals surface area (Å²) in [7, 11) is 0. The number of piperidine rings is 1. The highest BCUT2D eigenvalue weighted by Gasteiger charge is 2.39. The van der Waals surface area contributed by atoms with Gasteiger partial charge in [-0.15, -0.1) is 6.58 Å². The van der Waals surface area contributed by atoms with E-state index in [1.54, 1.807) is 6.08 Å². The first-order chi connectivity index (χ1) is 15.0. The summed E-state index contributed by atoms with van der Waals surface area (Å²) in [6.45, 7) is 10.0. The van der Waals surface area contributed by atoms with Crippen LogP contribution >= 0.6 is 0 Å². The SMILES string of the molecule is C=CCN1C(=O)C(Nc2ccc(N3CCCCC3)cc2)=C(c2ccc(C)cc2C)C1=O. The molecule has 0 aromatic heterocycles. The van der Waals surface area contributed by atoms with Gasteiger partial charge in [0.1, 0.15) is 5.70 Å². The summed E-state index contributed by atoms with van der Waals surface area (Å²) in [6, 6.07) is 14.0. The molecule has 0 atom stereocenters. The average molecular weight is 416 g/mol. The molecule has 4 rings (SSSR count). The molecule has 0 radical (unpaired) electrons. The maximum atomic E-state index is 13.2. The van der Waals surface area contributed by atoms with Crippen LogP contribution in [-0.4, -0.2) is 36.3 Å². The number of anilines is 2. The number of amides is 2. The van der Waals surface area contributed by atoms with E-state index in [2.05, 4.69) is 28.9 Å². The quantitative estimate of drug-likeness (QED) is 0.550. The zero-order valence-electron chi connectivity index (χ0n) is 18.3. The summed E-state index contributed by atoms with van der Waals surface area (Å²) in [4.78, 5) is 29.9. The van der Waals surface area contributed by atoms with Crippen molar-refractivity contribution in [3.05, 3.63) is 77.5 Å². The lowest BCUT2D eigenvalue weighted by atomic mass is 9.97. The van der Waals surface area contributed by atoms with Crippen molar-refractivity contribution in [3.8, 4) is 0 Å². The number of nitrogens with one attached hydrogen (secondary N) is 1. The van der Waals surface area contributed by atoms with Crippen LogP contribution in [0.4, 0.5) is 11.4 Å². The molecule has 1 N–H and O–H groups in total. The Bertz CT molecular complexity index is 1050. The van der Waals surface area contributed by atoms with Crippen molar-refractivity contribution >= 4 is 28.8 Å². The fourth-order valence-electron chi connectivity index (χ4n) is 4.38. The van der Waals surface area contributed by atoms with Crippen molar-refractivity contribution < 1.29 is 9.59 Å². The molecular weight excluding hydrogens is 386 g/mol. The van der Waals surface area contributed by atoms with Crippen molar-refractivity contribution in [2.75, 3.05) is 29.9 Å². The highest BCUT2D eigenvalue weighted by molar-refractivity contribution is 6.36. The summed E-state index contributed by atoms with van der Waals surface area (Å²) < 4.78 is 0. The Morgan fingerprint density at radius 1 is 0.968 bits per heavy atom. The summed E-state index contributed by atoms with van der Waals surface area (Å²) >= 11 is 0. The lowest BCUT2D eigenvalue weighted by Crippen LogP contribution is -2.32. The molecule has 0 bridgehead atoms. The highest BCUT2D eigenvalue weighted by Crippen LogP contribution is 2.33. The van der Waals surface area contributed by atoms with Crippen molar-refractivity contribution in [2.24, 2.45) is 0 Å². The Kier molecular flexibility index (Phi) is 5.94. The van der Waals surface area contributed by atoms with Crippen LogP contribution in [0.15, 0.2) is 60.8 Å². The van der Waals surface area contributed by atoms with E-state index in [1.807, 2.05) is 44.2 Å². The maximum Gasteiger partial charge on any atom is 0.278 e. The van der Waals surface area contributed by atoms with Gasteiger partial charge in [-0.05, 0) is 68.5 Å². The predicted molar refractivity (Wildman–Crippen MR) is 126 cm³/mol. The van der Waals surface area contributed by atoms with Crippen molar-refractivity contribution in [1.29, 1.82) is 0 Å². The third-order valence-corrected chi connectivity index (χ3v) is 5.99. The molecular formula is C26H29N3O2. The minimum Gasteiger partial charge on any atom is -0.372 e. The predicted octanol–water partition coefficient (Wildman–Crippen LogP) is 4.67. The maximum absolute atomic E-state index is 13.2. The second-order valence-electron chi connectivity index (χ2n) is 8.30. The van der Waals surface area contributed by atoms with Crippen molar-refractivity contribution in [2.45, 2.75) is 33.1 Å². The molecule has 5 heteroatoms. The molecule has 2 aromatic carbocycles. The number of aryl methyl sites for hydroxylation is 2. The third-order valence-electron chi connectivity index (χ3n) is 5.99. The number of nitrogens with zero attached hydrogens (tertiary/aromatic N) is 2. The number of carbonyl (C=O) groups is 2. The second-order valence-corrected chi connectivity index (χ2v) is 8.30. The molecule has 2 aliphatic rings. The number of hydrogen-bond donors (Lipinski definition) is 1. The Hall–Kier alpha value is -3.34. The van der Waals surface area contributed by atoms with Crippen LogP contribution in [0, 0.1) is 13.8 Å². The van der Waals surface area contributed by atoms with E-state index in [1.165, 1.54) is 29.8 Å². The number of benzene rings is 2. The normalized spacial score (nSPS) is 16.8. The first-order valence-corrected chi connectivity index (χ1v) is 10.9. The van der Waals surface area contributed by atoms with Gasteiger partial charge in [-0.3, -0.25) is 14.5 Å². The molecule has 0 spiro atoms. The van der Waals surface area contributed by atoms with Crippen LogP contribution < -0.4 is 10.2 Å². The number of rotatable bonds is 6. The van der Waals surface area contributed by atoms with E-state index >= 15 is 0 Å². The van der Waals surface area contributed by atoms with Crippen LogP contribution in [0.2, 0.25) is 0 Å². The van der Waals surface area contributed by atoms with Gasteiger partial charge in [0, 0.05) is 31.0 Å². The monoisotopic (exact) mass is 415 g/mol. The van der Waals surface area contributed by atoms with E-state index < -0.39 is 0 Å². The van der Waals surface area contributed by atoms with E-state index in [0.29, 0.717) is 11.3 Å². The topological polar surface area (TPSA) is 52.7 Å². The first-order valence-electron chi connectivity index (χ1n) is 10.9. The molecule has 0 saturated carbocycles. The van der Waals surface area contributed by atoms with Gasteiger partial charge in [0.15, 0.2) is 0 Å². The van der Waals surface area contributed by atoms with Gasteiger partial charge in [0.2, 0.25) is 0 Å². The van der Waals surface area contributed by atoms with Gasteiger partial charge in [-0.25, -0.2) is 0 Å². The van der Waals surface area contributed by atoms with E-state index in [0.717, 1.165) is 35.5 Å². The van der Waals surface area contributed by atoms with E-state index in [-0.39, 0.29) is 18.4 Å². The molecule has 2 amide bonds. The van der Waals surface area contributed by atoms with Gasteiger partial charge in [-0.2, -0.15) is 0 Å². The third kappa shape index (κ3) is 4.13.